The summed E-state index contributed by atoms with van der Waals surface area (Å²) in [6.45, 7) is 2.58. The smallest absolute Gasteiger partial charge is 0.339 e. The minimum Gasteiger partial charge on any atom is -0.462 e. The monoisotopic (exact) mass is 364 g/mol. The third-order valence-corrected chi connectivity index (χ3v) is 4.02. The molecule has 0 atom stereocenters. The highest BCUT2D eigenvalue weighted by atomic mass is 79.9. The van der Waals surface area contributed by atoms with Crippen LogP contribution in [0.4, 0.5) is 0 Å². The maximum atomic E-state index is 11.9. The van der Waals surface area contributed by atoms with Crippen LogP contribution in [0.5, 0.6) is 0 Å². The Kier molecular flexibility index (Phi) is 10.5. The first kappa shape index (κ1) is 18.8. The first-order chi connectivity index (χ1) is 10.8. The van der Waals surface area contributed by atoms with Crippen molar-refractivity contribution in [3.05, 3.63) is 34.3 Å². The number of unbranched alkanes of at least 4 members (excludes halogenated alkanes) is 6. The zero-order valence-electron chi connectivity index (χ0n) is 13.4. The summed E-state index contributed by atoms with van der Waals surface area (Å²) in [5.74, 6) is 6.01. The Morgan fingerprint density at radius 2 is 1.73 bits per heavy atom. The molecule has 0 bridgehead atoms. The molecule has 0 heterocycles. The van der Waals surface area contributed by atoms with Crippen LogP contribution >= 0.6 is 15.9 Å². The van der Waals surface area contributed by atoms with Crippen molar-refractivity contribution >= 4 is 21.9 Å². The minimum atomic E-state index is -0.248. The van der Waals surface area contributed by atoms with E-state index in [0.717, 1.165) is 30.2 Å². The molecule has 120 valence electrons. The molecule has 0 aromatic heterocycles. The van der Waals surface area contributed by atoms with Crippen LogP contribution < -0.4 is 0 Å². The van der Waals surface area contributed by atoms with Crippen molar-refractivity contribution in [2.45, 2.75) is 58.3 Å². The second kappa shape index (κ2) is 12.3. The zero-order chi connectivity index (χ0) is 16.0. The second-order valence-corrected chi connectivity index (χ2v) is 6.05. The van der Waals surface area contributed by atoms with E-state index in [4.69, 9.17) is 4.74 Å². The van der Waals surface area contributed by atoms with E-state index < -0.39 is 0 Å². The van der Waals surface area contributed by atoms with Gasteiger partial charge in [-0.1, -0.05) is 44.7 Å². The molecule has 0 radical (unpaired) electrons. The predicted octanol–water partition coefficient (Wildman–Crippen LogP) is 5.75. The van der Waals surface area contributed by atoms with Gasteiger partial charge in [0.2, 0.25) is 0 Å². The lowest BCUT2D eigenvalue weighted by Crippen LogP contribution is -2.07. The second-order valence-electron chi connectivity index (χ2n) is 5.19. The Bertz CT molecular complexity index is 500. The summed E-state index contributed by atoms with van der Waals surface area (Å²) in [6.07, 6.45) is 8.92. The molecule has 0 saturated carbocycles. The van der Waals surface area contributed by atoms with E-state index in [1.165, 1.54) is 25.7 Å². The molecule has 2 nitrogen and oxygen atoms in total. The van der Waals surface area contributed by atoms with Crippen LogP contribution in [0, 0.1) is 11.8 Å². The normalized spacial score (nSPS) is 9.91. The number of hydrogen-bond donors (Lipinski definition) is 0. The fraction of sp³-hybridized carbons (Fsp3) is 0.526. The lowest BCUT2D eigenvalue weighted by Gasteiger charge is -2.06. The van der Waals surface area contributed by atoms with Crippen LogP contribution in [0.2, 0.25) is 0 Å². The van der Waals surface area contributed by atoms with Crippen LogP contribution in [0.25, 0.3) is 0 Å². The van der Waals surface area contributed by atoms with Crippen molar-refractivity contribution in [2.75, 3.05) is 6.61 Å². The van der Waals surface area contributed by atoms with Gasteiger partial charge < -0.3 is 4.74 Å². The van der Waals surface area contributed by atoms with E-state index in [-0.39, 0.29) is 5.97 Å². The standard InChI is InChI=1S/C19H25BrO2/c1-2-3-4-5-6-7-8-9-10-13-16-22-19(21)17-14-11-12-15-18(17)20/h11-12,14-15H,2,5-10,13,16H2,1H3. The molecule has 0 fully saturated rings. The average Bonchev–Trinajstić information content (AvgIpc) is 2.53. The van der Waals surface area contributed by atoms with Gasteiger partial charge >= 0.3 is 5.97 Å². The van der Waals surface area contributed by atoms with Gasteiger partial charge in [0, 0.05) is 17.3 Å². The number of hydrogen-bond acceptors (Lipinski definition) is 2. The van der Waals surface area contributed by atoms with Crippen LogP contribution in [0.3, 0.4) is 0 Å². The van der Waals surface area contributed by atoms with Gasteiger partial charge in [-0.15, -0.1) is 11.8 Å². The Morgan fingerprint density at radius 1 is 1.05 bits per heavy atom. The highest BCUT2D eigenvalue weighted by Gasteiger charge is 2.09. The largest absolute Gasteiger partial charge is 0.462 e. The van der Waals surface area contributed by atoms with Gasteiger partial charge in [0.15, 0.2) is 0 Å². The summed E-state index contributed by atoms with van der Waals surface area (Å²) in [5, 5.41) is 0. The number of ether oxygens (including phenoxy) is 1. The predicted molar refractivity (Wildman–Crippen MR) is 94.8 cm³/mol. The van der Waals surface area contributed by atoms with E-state index >= 15 is 0 Å². The van der Waals surface area contributed by atoms with Crippen molar-refractivity contribution in [3.8, 4) is 11.8 Å². The Hall–Kier alpha value is -1.27. The van der Waals surface area contributed by atoms with Crippen molar-refractivity contribution in [3.63, 3.8) is 0 Å². The maximum Gasteiger partial charge on any atom is 0.339 e. The fourth-order valence-electron chi connectivity index (χ4n) is 2.11. The van der Waals surface area contributed by atoms with Crippen molar-refractivity contribution < 1.29 is 9.53 Å². The summed E-state index contributed by atoms with van der Waals surface area (Å²) in [4.78, 5) is 11.9. The third kappa shape index (κ3) is 8.24. The molecule has 1 aromatic carbocycles. The molecule has 1 rings (SSSR count). The number of rotatable bonds is 9. The molecule has 22 heavy (non-hydrogen) atoms. The highest BCUT2D eigenvalue weighted by molar-refractivity contribution is 9.10. The fourth-order valence-corrected chi connectivity index (χ4v) is 2.55. The summed E-state index contributed by atoms with van der Waals surface area (Å²) in [7, 11) is 0. The van der Waals surface area contributed by atoms with E-state index in [1.807, 2.05) is 18.2 Å². The topological polar surface area (TPSA) is 26.3 Å². The van der Waals surface area contributed by atoms with Gasteiger partial charge in [0.25, 0.3) is 0 Å². The minimum absolute atomic E-state index is 0.248. The SMILES string of the molecule is CCC#CCCCCCCCCOC(=O)c1ccccc1Br. The summed E-state index contributed by atoms with van der Waals surface area (Å²) >= 11 is 3.36. The number of carbonyl (C=O) groups is 1. The summed E-state index contributed by atoms with van der Waals surface area (Å²) in [5.41, 5.74) is 0.593. The third-order valence-electron chi connectivity index (χ3n) is 3.32. The average molecular weight is 365 g/mol. The van der Waals surface area contributed by atoms with E-state index in [2.05, 4.69) is 34.7 Å². The molecule has 3 heteroatoms. The molecule has 0 spiro atoms. The first-order valence-electron chi connectivity index (χ1n) is 8.13. The van der Waals surface area contributed by atoms with E-state index in [0.29, 0.717) is 12.2 Å². The lowest BCUT2D eigenvalue weighted by atomic mass is 10.1. The molecule has 0 aliphatic heterocycles. The van der Waals surface area contributed by atoms with Gasteiger partial charge in [-0.3, -0.25) is 0 Å². The molecular formula is C19H25BrO2. The van der Waals surface area contributed by atoms with E-state index in [1.54, 1.807) is 6.07 Å². The van der Waals surface area contributed by atoms with Crippen LogP contribution in [-0.2, 0) is 4.74 Å². The quantitative estimate of drug-likeness (QED) is 0.316. The maximum absolute atomic E-state index is 11.9. The van der Waals surface area contributed by atoms with Gasteiger partial charge in [-0.25, -0.2) is 4.79 Å². The Labute approximate surface area is 142 Å². The van der Waals surface area contributed by atoms with Crippen LogP contribution in [0.15, 0.2) is 28.7 Å². The summed E-state index contributed by atoms with van der Waals surface area (Å²) < 4.78 is 6.08. The Morgan fingerprint density at radius 3 is 2.45 bits per heavy atom. The van der Waals surface area contributed by atoms with Gasteiger partial charge in [-0.05, 0) is 40.9 Å². The lowest BCUT2D eigenvalue weighted by molar-refractivity contribution is 0.0496. The van der Waals surface area contributed by atoms with Gasteiger partial charge in [0.1, 0.15) is 0 Å². The molecule has 0 saturated heterocycles. The number of esters is 1. The van der Waals surface area contributed by atoms with Gasteiger partial charge in [-0.2, -0.15) is 0 Å². The summed E-state index contributed by atoms with van der Waals surface area (Å²) in [6, 6.07) is 7.34. The van der Waals surface area contributed by atoms with Crippen molar-refractivity contribution in [1.82, 2.24) is 0 Å². The first-order valence-corrected chi connectivity index (χ1v) is 8.92. The van der Waals surface area contributed by atoms with E-state index in [9.17, 15) is 4.79 Å². The molecular weight excluding hydrogens is 340 g/mol. The molecule has 0 unspecified atom stereocenters. The number of halogens is 1. The van der Waals surface area contributed by atoms with Crippen LogP contribution in [0.1, 0.15) is 68.6 Å². The number of benzene rings is 1. The number of carbonyl (C=O) groups excluding carboxylic acids is 1. The molecule has 1 aromatic rings. The van der Waals surface area contributed by atoms with Crippen LogP contribution in [-0.4, -0.2) is 12.6 Å². The van der Waals surface area contributed by atoms with Gasteiger partial charge in [0.05, 0.1) is 12.2 Å². The molecule has 0 amide bonds. The highest BCUT2D eigenvalue weighted by Crippen LogP contribution is 2.17. The molecule has 0 aliphatic carbocycles. The van der Waals surface area contributed by atoms with Crippen molar-refractivity contribution in [1.29, 1.82) is 0 Å². The molecule has 0 N–H and O–H groups in total. The van der Waals surface area contributed by atoms with Crippen molar-refractivity contribution in [2.24, 2.45) is 0 Å². The Balaban J connectivity index is 2.00. The zero-order valence-corrected chi connectivity index (χ0v) is 15.0. The molecule has 0 aliphatic rings.